The molecule has 0 aliphatic carbocycles. The Morgan fingerprint density at radius 1 is 1.13 bits per heavy atom. The number of hydrogen-bond donors (Lipinski definition) is 1. The van der Waals surface area contributed by atoms with Crippen LogP contribution in [-0.2, 0) is 11.3 Å². The number of amides is 1. The van der Waals surface area contributed by atoms with Crippen LogP contribution in [0.3, 0.4) is 0 Å². The lowest BCUT2D eigenvalue weighted by atomic mass is 10.1. The number of fused-ring (bicyclic) bond motifs is 2. The number of nitrogens with zero attached hydrogens (tertiary/aromatic N) is 2. The third-order valence-electron chi connectivity index (χ3n) is 5.24. The summed E-state index contributed by atoms with van der Waals surface area (Å²) in [5.41, 5.74) is 4.85. The highest BCUT2D eigenvalue weighted by atomic mass is 32.1. The lowest BCUT2D eigenvalue weighted by molar-refractivity contribution is -0.114. The first kappa shape index (κ1) is 18.5. The number of hydrogen-bond acceptors (Lipinski definition) is 4. The van der Waals surface area contributed by atoms with Crippen molar-refractivity contribution in [1.29, 1.82) is 0 Å². The van der Waals surface area contributed by atoms with Crippen molar-refractivity contribution >= 4 is 44.8 Å². The third-order valence-corrected chi connectivity index (χ3v) is 6.11. The SMILES string of the molecule is CC(=O)Nc1ccc(/C=C2\CCn3c2nc2scc(-c4ccccc4)c2c3=O)cc1. The maximum atomic E-state index is 13.3. The van der Waals surface area contributed by atoms with E-state index in [1.165, 1.54) is 18.3 Å². The van der Waals surface area contributed by atoms with E-state index in [-0.39, 0.29) is 11.5 Å². The van der Waals surface area contributed by atoms with Crippen molar-refractivity contribution in [2.75, 3.05) is 5.32 Å². The lowest BCUT2D eigenvalue weighted by Crippen LogP contribution is -2.20. The van der Waals surface area contributed by atoms with E-state index in [0.29, 0.717) is 11.9 Å². The lowest BCUT2D eigenvalue weighted by Gasteiger charge is -2.05. The molecule has 5 nitrogen and oxygen atoms in total. The van der Waals surface area contributed by atoms with Crippen LogP contribution in [0.5, 0.6) is 0 Å². The predicted molar refractivity (Wildman–Crippen MR) is 123 cm³/mol. The van der Waals surface area contributed by atoms with Crippen LogP contribution in [0, 0.1) is 0 Å². The number of carbonyl (C=O) groups excluding carboxylic acids is 1. The van der Waals surface area contributed by atoms with Crippen LogP contribution in [0.25, 0.3) is 33.0 Å². The van der Waals surface area contributed by atoms with E-state index in [4.69, 9.17) is 4.98 Å². The molecule has 0 fully saturated rings. The first-order valence-electron chi connectivity index (χ1n) is 9.76. The van der Waals surface area contributed by atoms with Gasteiger partial charge in [0, 0.05) is 30.1 Å². The van der Waals surface area contributed by atoms with Crippen molar-refractivity contribution in [3.8, 4) is 11.1 Å². The van der Waals surface area contributed by atoms with E-state index < -0.39 is 0 Å². The Kier molecular flexibility index (Phi) is 4.56. The standard InChI is InChI=1S/C24H19N3O2S/c1-15(28)25-19-9-7-16(8-10-19)13-18-11-12-27-22(18)26-23-21(24(27)29)20(14-30-23)17-5-3-2-4-6-17/h2-10,13-14H,11-12H2,1H3,(H,25,28)/b18-13+. The Bertz CT molecular complexity index is 1350. The third kappa shape index (κ3) is 3.25. The number of allylic oxidation sites excluding steroid dienone is 1. The second-order valence-corrected chi connectivity index (χ2v) is 8.17. The summed E-state index contributed by atoms with van der Waals surface area (Å²) in [4.78, 5) is 30.1. The number of nitrogens with one attached hydrogen (secondary N) is 1. The van der Waals surface area contributed by atoms with Crippen LogP contribution in [0.2, 0.25) is 0 Å². The number of benzene rings is 2. The quantitative estimate of drug-likeness (QED) is 0.512. The van der Waals surface area contributed by atoms with Crippen molar-refractivity contribution in [1.82, 2.24) is 9.55 Å². The van der Waals surface area contributed by atoms with Crippen molar-refractivity contribution in [3.63, 3.8) is 0 Å². The monoisotopic (exact) mass is 413 g/mol. The molecule has 1 amide bonds. The zero-order valence-electron chi connectivity index (χ0n) is 16.4. The van der Waals surface area contributed by atoms with E-state index in [1.807, 2.05) is 60.0 Å². The van der Waals surface area contributed by atoms with Crippen LogP contribution in [0.4, 0.5) is 5.69 Å². The van der Waals surface area contributed by atoms with E-state index in [2.05, 4.69) is 11.4 Å². The number of rotatable bonds is 3. The number of aromatic nitrogens is 2. The maximum absolute atomic E-state index is 13.3. The summed E-state index contributed by atoms with van der Waals surface area (Å²) >= 11 is 1.51. The van der Waals surface area contributed by atoms with E-state index in [9.17, 15) is 9.59 Å². The summed E-state index contributed by atoms with van der Waals surface area (Å²) in [6.07, 6.45) is 2.84. The van der Waals surface area contributed by atoms with Gasteiger partial charge in [-0.2, -0.15) is 0 Å². The molecule has 2 aromatic heterocycles. The van der Waals surface area contributed by atoms with Gasteiger partial charge in [-0.15, -0.1) is 11.3 Å². The fourth-order valence-electron chi connectivity index (χ4n) is 3.86. The van der Waals surface area contributed by atoms with Gasteiger partial charge in [-0.05, 0) is 41.3 Å². The molecule has 1 N–H and O–H groups in total. The van der Waals surface area contributed by atoms with Gasteiger partial charge in [-0.3, -0.25) is 14.2 Å². The second-order valence-electron chi connectivity index (χ2n) is 7.31. The Balaban J connectivity index is 1.55. The van der Waals surface area contributed by atoms with Gasteiger partial charge >= 0.3 is 0 Å². The Morgan fingerprint density at radius 2 is 1.90 bits per heavy atom. The topological polar surface area (TPSA) is 64.0 Å². The minimum Gasteiger partial charge on any atom is -0.326 e. The maximum Gasteiger partial charge on any atom is 0.263 e. The molecule has 4 aromatic rings. The molecule has 0 unspecified atom stereocenters. The molecule has 5 rings (SSSR count). The minimum atomic E-state index is -0.0933. The molecule has 3 heterocycles. The zero-order chi connectivity index (χ0) is 20.7. The van der Waals surface area contributed by atoms with Crippen LogP contribution in [0.15, 0.2) is 64.8 Å². The molecule has 0 saturated carbocycles. The van der Waals surface area contributed by atoms with Crippen LogP contribution >= 0.6 is 11.3 Å². The smallest absolute Gasteiger partial charge is 0.263 e. The molecule has 2 aromatic carbocycles. The molecule has 0 radical (unpaired) electrons. The molecule has 30 heavy (non-hydrogen) atoms. The molecule has 0 bridgehead atoms. The first-order chi connectivity index (χ1) is 14.6. The van der Waals surface area contributed by atoms with Gasteiger partial charge in [0.2, 0.25) is 5.91 Å². The van der Waals surface area contributed by atoms with E-state index in [0.717, 1.165) is 45.0 Å². The highest BCUT2D eigenvalue weighted by Gasteiger charge is 2.23. The van der Waals surface area contributed by atoms with Gasteiger partial charge in [0.05, 0.1) is 5.39 Å². The predicted octanol–water partition coefficient (Wildman–Crippen LogP) is 5.03. The largest absolute Gasteiger partial charge is 0.326 e. The molecule has 148 valence electrons. The second kappa shape index (κ2) is 7.39. The molecule has 6 heteroatoms. The first-order valence-corrected chi connectivity index (χ1v) is 10.6. The van der Waals surface area contributed by atoms with Crippen LogP contribution in [0.1, 0.15) is 24.7 Å². The molecule has 1 aliphatic heterocycles. The van der Waals surface area contributed by atoms with Gasteiger partial charge in [0.1, 0.15) is 10.7 Å². The molecule has 0 spiro atoms. The van der Waals surface area contributed by atoms with Gasteiger partial charge in [-0.1, -0.05) is 42.5 Å². The molecular formula is C24H19N3O2S. The Hall–Kier alpha value is -3.51. The average Bonchev–Trinajstić information content (AvgIpc) is 3.35. The van der Waals surface area contributed by atoms with Gasteiger partial charge in [0.15, 0.2) is 0 Å². The molecule has 0 saturated heterocycles. The summed E-state index contributed by atoms with van der Waals surface area (Å²) in [5, 5.41) is 5.50. The number of carbonyl (C=O) groups is 1. The van der Waals surface area contributed by atoms with Crippen molar-refractivity contribution in [2.45, 2.75) is 19.9 Å². The van der Waals surface area contributed by atoms with Crippen molar-refractivity contribution < 1.29 is 4.79 Å². The molecular weight excluding hydrogens is 394 g/mol. The fourth-order valence-corrected chi connectivity index (χ4v) is 4.79. The normalized spacial score (nSPS) is 14.2. The fraction of sp³-hybridized carbons (Fsp3) is 0.125. The minimum absolute atomic E-state index is 0.0273. The van der Waals surface area contributed by atoms with Crippen LogP contribution in [-0.4, -0.2) is 15.5 Å². The van der Waals surface area contributed by atoms with E-state index >= 15 is 0 Å². The van der Waals surface area contributed by atoms with Crippen molar-refractivity contribution in [3.05, 3.63) is 81.7 Å². The summed E-state index contributed by atoms with van der Waals surface area (Å²) in [5.74, 6) is 0.657. The van der Waals surface area contributed by atoms with Gasteiger partial charge in [0.25, 0.3) is 5.56 Å². The molecule has 0 atom stereocenters. The summed E-state index contributed by atoms with van der Waals surface area (Å²) in [6.45, 7) is 2.13. The highest BCUT2D eigenvalue weighted by molar-refractivity contribution is 7.17. The Morgan fingerprint density at radius 3 is 2.63 bits per heavy atom. The van der Waals surface area contributed by atoms with Crippen LogP contribution < -0.4 is 10.9 Å². The zero-order valence-corrected chi connectivity index (χ0v) is 17.2. The number of anilines is 1. The highest BCUT2D eigenvalue weighted by Crippen LogP contribution is 2.34. The Labute approximate surface area is 177 Å². The van der Waals surface area contributed by atoms with Gasteiger partial charge in [-0.25, -0.2) is 4.98 Å². The molecule has 1 aliphatic rings. The summed E-state index contributed by atoms with van der Waals surface area (Å²) < 4.78 is 1.79. The summed E-state index contributed by atoms with van der Waals surface area (Å²) in [7, 11) is 0. The van der Waals surface area contributed by atoms with E-state index in [1.54, 1.807) is 4.57 Å². The average molecular weight is 414 g/mol. The summed E-state index contributed by atoms with van der Waals surface area (Å²) in [6, 6.07) is 17.6. The number of thiophene rings is 1. The van der Waals surface area contributed by atoms with Gasteiger partial charge < -0.3 is 5.32 Å². The van der Waals surface area contributed by atoms with Crippen molar-refractivity contribution in [2.24, 2.45) is 0 Å².